The van der Waals surface area contributed by atoms with Crippen molar-refractivity contribution in [3.63, 3.8) is 0 Å². The average Bonchev–Trinajstić information content (AvgIpc) is 2.24. The lowest BCUT2D eigenvalue weighted by atomic mass is 9.71. The molecule has 112 valence electrons. The molecular formula is C16H25NO3. The van der Waals surface area contributed by atoms with Gasteiger partial charge in [-0.15, -0.1) is 0 Å². The molecule has 1 atom stereocenters. The van der Waals surface area contributed by atoms with Crippen molar-refractivity contribution >= 4 is 5.97 Å². The van der Waals surface area contributed by atoms with Gasteiger partial charge in [-0.2, -0.15) is 0 Å². The number of carboxylic acids is 1. The molecule has 0 radical (unpaired) electrons. The first-order valence-electron chi connectivity index (χ1n) is 6.72. The molecule has 1 aromatic carbocycles. The predicted octanol–water partition coefficient (Wildman–Crippen LogP) is 3.07. The SMILES string of the molecule is CC(C)(C)c1c(O)ccc(C(N)C(=O)O)c1C(C)(C)C. The number of carbonyl (C=O) groups is 1. The van der Waals surface area contributed by atoms with Crippen LogP contribution in [0.2, 0.25) is 0 Å². The van der Waals surface area contributed by atoms with Crippen molar-refractivity contribution in [3.8, 4) is 5.75 Å². The topological polar surface area (TPSA) is 83.5 Å². The number of aromatic hydroxyl groups is 1. The molecule has 20 heavy (non-hydrogen) atoms. The van der Waals surface area contributed by atoms with E-state index >= 15 is 0 Å². The van der Waals surface area contributed by atoms with Crippen LogP contribution in [0.3, 0.4) is 0 Å². The number of aliphatic carboxylic acids is 1. The maximum Gasteiger partial charge on any atom is 0.325 e. The van der Waals surface area contributed by atoms with E-state index in [4.69, 9.17) is 5.73 Å². The van der Waals surface area contributed by atoms with Gasteiger partial charge in [-0.3, -0.25) is 4.79 Å². The molecule has 0 heterocycles. The third-order valence-corrected chi connectivity index (χ3v) is 3.32. The third kappa shape index (κ3) is 3.12. The number of benzene rings is 1. The standard InChI is InChI=1S/C16H25NO3/c1-15(2,3)11-9(13(17)14(19)20)7-8-10(18)12(11)16(4,5)6/h7-8,13,18H,17H2,1-6H3,(H,19,20). The summed E-state index contributed by atoms with van der Waals surface area (Å²) in [6.45, 7) is 12.0. The first-order chi connectivity index (χ1) is 8.87. The molecule has 0 aliphatic carbocycles. The van der Waals surface area contributed by atoms with Crippen molar-refractivity contribution in [1.29, 1.82) is 0 Å². The van der Waals surface area contributed by atoms with E-state index < -0.39 is 12.0 Å². The maximum atomic E-state index is 11.2. The van der Waals surface area contributed by atoms with Crippen molar-refractivity contribution in [2.24, 2.45) is 5.73 Å². The Morgan fingerprint density at radius 3 is 1.85 bits per heavy atom. The second-order valence-electron chi connectivity index (χ2n) is 7.24. The Morgan fingerprint density at radius 1 is 1.05 bits per heavy atom. The van der Waals surface area contributed by atoms with Gasteiger partial charge in [0.1, 0.15) is 11.8 Å². The number of carboxylic acid groups (broad SMARTS) is 1. The molecule has 0 bridgehead atoms. The van der Waals surface area contributed by atoms with Crippen LogP contribution in [0.25, 0.3) is 0 Å². The first kappa shape index (κ1) is 16.5. The van der Waals surface area contributed by atoms with Gasteiger partial charge in [0.2, 0.25) is 0 Å². The molecule has 0 saturated heterocycles. The van der Waals surface area contributed by atoms with Crippen LogP contribution >= 0.6 is 0 Å². The lowest BCUT2D eigenvalue weighted by Crippen LogP contribution is -2.29. The molecule has 0 fully saturated rings. The Balaban J connectivity index is 3.77. The van der Waals surface area contributed by atoms with Gasteiger partial charge in [0.15, 0.2) is 0 Å². The Kier molecular flexibility index (Phi) is 4.20. The monoisotopic (exact) mass is 279 g/mol. The van der Waals surface area contributed by atoms with Gasteiger partial charge in [0.25, 0.3) is 0 Å². The summed E-state index contributed by atoms with van der Waals surface area (Å²) < 4.78 is 0. The Labute approximate surface area is 120 Å². The highest BCUT2D eigenvalue weighted by atomic mass is 16.4. The second-order valence-corrected chi connectivity index (χ2v) is 7.24. The van der Waals surface area contributed by atoms with Crippen LogP contribution < -0.4 is 5.73 Å². The van der Waals surface area contributed by atoms with Crippen LogP contribution in [0.15, 0.2) is 12.1 Å². The van der Waals surface area contributed by atoms with E-state index in [9.17, 15) is 15.0 Å². The minimum absolute atomic E-state index is 0.184. The fraction of sp³-hybridized carbons (Fsp3) is 0.562. The summed E-state index contributed by atoms with van der Waals surface area (Å²) >= 11 is 0. The summed E-state index contributed by atoms with van der Waals surface area (Å²) in [5.41, 5.74) is 7.34. The van der Waals surface area contributed by atoms with Gasteiger partial charge >= 0.3 is 5.97 Å². The molecule has 4 N–H and O–H groups in total. The smallest absolute Gasteiger partial charge is 0.325 e. The van der Waals surface area contributed by atoms with E-state index in [0.717, 1.165) is 11.1 Å². The van der Waals surface area contributed by atoms with Crippen LogP contribution in [0.4, 0.5) is 0 Å². The van der Waals surface area contributed by atoms with Crippen molar-refractivity contribution in [3.05, 3.63) is 28.8 Å². The molecule has 0 aliphatic rings. The van der Waals surface area contributed by atoms with Gasteiger partial charge in [0, 0.05) is 5.56 Å². The minimum atomic E-state index is -1.09. The highest BCUT2D eigenvalue weighted by molar-refractivity contribution is 5.76. The number of rotatable bonds is 2. The number of phenols is 1. The molecule has 4 nitrogen and oxygen atoms in total. The van der Waals surface area contributed by atoms with E-state index in [1.165, 1.54) is 6.07 Å². The normalized spacial score (nSPS) is 14.2. The zero-order chi connectivity index (χ0) is 15.9. The number of hydrogen-bond donors (Lipinski definition) is 3. The first-order valence-corrected chi connectivity index (χ1v) is 6.72. The zero-order valence-electron chi connectivity index (χ0n) is 13.1. The molecule has 0 amide bonds. The van der Waals surface area contributed by atoms with E-state index in [-0.39, 0.29) is 16.6 Å². The largest absolute Gasteiger partial charge is 0.508 e. The second kappa shape index (κ2) is 5.09. The third-order valence-electron chi connectivity index (χ3n) is 3.32. The zero-order valence-corrected chi connectivity index (χ0v) is 13.1. The highest BCUT2D eigenvalue weighted by Gasteiger charge is 2.33. The van der Waals surface area contributed by atoms with Crippen LogP contribution in [0.5, 0.6) is 5.75 Å². The van der Waals surface area contributed by atoms with Crippen molar-refractivity contribution in [1.82, 2.24) is 0 Å². The van der Waals surface area contributed by atoms with E-state index in [2.05, 4.69) is 0 Å². The molecule has 0 saturated carbocycles. The molecule has 0 aliphatic heterocycles. The van der Waals surface area contributed by atoms with Crippen LogP contribution in [-0.2, 0) is 15.6 Å². The van der Waals surface area contributed by atoms with Crippen LogP contribution in [-0.4, -0.2) is 16.2 Å². The molecule has 1 aromatic rings. The average molecular weight is 279 g/mol. The van der Waals surface area contributed by atoms with Crippen LogP contribution in [0, 0.1) is 0 Å². The molecule has 0 aromatic heterocycles. The van der Waals surface area contributed by atoms with E-state index in [1.54, 1.807) is 6.07 Å². The fourth-order valence-electron chi connectivity index (χ4n) is 2.57. The van der Waals surface area contributed by atoms with E-state index in [0.29, 0.717) is 5.56 Å². The Bertz CT molecular complexity index is 522. The number of hydrogen-bond acceptors (Lipinski definition) is 3. The van der Waals surface area contributed by atoms with Crippen molar-refractivity contribution < 1.29 is 15.0 Å². The van der Waals surface area contributed by atoms with Gasteiger partial charge in [-0.25, -0.2) is 0 Å². The summed E-state index contributed by atoms with van der Waals surface area (Å²) in [5.74, 6) is -0.884. The van der Waals surface area contributed by atoms with Gasteiger partial charge in [-0.05, 0) is 28.0 Å². The maximum absolute atomic E-state index is 11.2. The molecular weight excluding hydrogens is 254 g/mol. The van der Waals surface area contributed by atoms with Gasteiger partial charge in [-0.1, -0.05) is 47.6 Å². The minimum Gasteiger partial charge on any atom is -0.508 e. The summed E-state index contributed by atoms with van der Waals surface area (Å²) in [7, 11) is 0. The predicted molar refractivity (Wildman–Crippen MR) is 80.1 cm³/mol. The molecule has 0 spiro atoms. The van der Waals surface area contributed by atoms with Gasteiger partial charge < -0.3 is 15.9 Å². The molecule has 1 unspecified atom stereocenters. The fourth-order valence-corrected chi connectivity index (χ4v) is 2.57. The van der Waals surface area contributed by atoms with Crippen molar-refractivity contribution in [2.45, 2.75) is 58.4 Å². The summed E-state index contributed by atoms with van der Waals surface area (Å²) in [6.07, 6.45) is 0. The highest BCUT2D eigenvalue weighted by Crippen LogP contribution is 2.42. The lowest BCUT2D eigenvalue weighted by Gasteiger charge is -2.33. The number of phenolic OH excluding ortho intramolecular Hbond substituents is 1. The molecule has 4 heteroatoms. The molecule has 1 rings (SSSR count). The summed E-state index contributed by atoms with van der Waals surface area (Å²) in [4.78, 5) is 11.2. The lowest BCUT2D eigenvalue weighted by molar-refractivity contribution is -0.138. The van der Waals surface area contributed by atoms with Gasteiger partial charge in [0.05, 0.1) is 0 Å². The van der Waals surface area contributed by atoms with Crippen LogP contribution in [0.1, 0.15) is 64.3 Å². The Hall–Kier alpha value is -1.55. The number of nitrogens with two attached hydrogens (primary N) is 1. The summed E-state index contributed by atoms with van der Waals surface area (Å²) in [5, 5.41) is 19.4. The Morgan fingerprint density at radius 2 is 1.50 bits per heavy atom. The quantitative estimate of drug-likeness (QED) is 0.777. The van der Waals surface area contributed by atoms with E-state index in [1.807, 2.05) is 41.5 Å². The summed E-state index contributed by atoms with van der Waals surface area (Å²) in [6, 6.07) is 2.06. The van der Waals surface area contributed by atoms with Crippen molar-refractivity contribution in [2.75, 3.05) is 0 Å².